The zero-order valence-corrected chi connectivity index (χ0v) is 22.8. The standard InChI is InChI=1S/C26H21ClF3N5O5S/c1-15-10-23(34-35(15)13-16-2-5-18(27)6-3-16)33-24(36)8-9-41(37,38)25-31-19(12-22(32-25)26(28,29)30)17-4-7-20-21(11-17)40-14-39-20/h2-7,10-12H,8-9,13-14H2,1H3,(H,33,34,36). The minimum absolute atomic E-state index is 0.0553. The van der Waals surface area contributed by atoms with Crippen LogP contribution in [0.15, 0.2) is 59.8 Å². The van der Waals surface area contributed by atoms with Crippen LogP contribution in [0.4, 0.5) is 19.0 Å². The molecule has 0 fully saturated rings. The molecule has 0 aliphatic carbocycles. The number of nitrogens with zero attached hydrogens (tertiary/aromatic N) is 4. The van der Waals surface area contributed by atoms with Gasteiger partial charge in [-0.3, -0.25) is 9.48 Å². The van der Waals surface area contributed by atoms with Gasteiger partial charge in [0.15, 0.2) is 17.3 Å². The van der Waals surface area contributed by atoms with Crippen LogP contribution in [0, 0.1) is 6.92 Å². The van der Waals surface area contributed by atoms with Gasteiger partial charge in [-0.15, -0.1) is 0 Å². The number of halogens is 4. The average Bonchev–Trinajstić information content (AvgIpc) is 3.53. The number of rotatable bonds is 8. The Balaban J connectivity index is 1.30. The van der Waals surface area contributed by atoms with Gasteiger partial charge in [0.2, 0.25) is 27.7 Å². The summed E-state index contributed by atoms with van der Waals surface area (Å²) in [5, 5.41) is 6.37. The van der Waals surface area contributed by atoms with E-state index in [0.717, 1.165) is 11.3 Å². The third-order valence-electron chi connectivity index (χ3n) is 6.03. The van der Waals surface area contributed by atoms with Gasteiger partial charge in [-0.25, -0.2) is 18.4 Å². The van der Waals surface area contributed by atoms with E-state index in [1.807, 2.05) is 12.1 Å². The number of hydrogen-bond donors (Lipinski definition) is 1. The lowest BCUT2D eigenvalue weighted by atomic mass is 10.1. The second-order valence-electron chi connectivity index (χ2n) is 9.06. The van der Waals surface area contributed by atoms with E-state index in [1.165, 1.54) is 18.2 Å². The fourth-order valence-electron chi connectivity index (χ4n) is 3.93. The minimum atomic E-state index is -4.95. The molecule has 1 aliphatic heterocycles. The molecule has 0 spiro atoms. The Labute approximate surface area is 237 Å². The molecule has 3 heterocycles. The Morgan fingerprint density at radius 2 is 1.78 bits per heavy atom. The first kappa shape index (κ1) is 28.4. The smallest absolute Gasteiger partial charge is 0.433 e. The molecule has 0 bridgehead atoms. The maximum atomic E-state index is 13.6. The summed E-state index contributed by atoms with van der Waals surface area (Å²) in [7, 11) is -4.49. The monoisotopic (exact) mass is 607 g/mol. The third kappa shape index (κ3) is 6.60. The highest BCUT2D eigenvalue weighted by Crippen LogP contribution is 2.37. The lowest BCUT2D eigenvalue weighted by Crippen LogP contribution is -2.21. The molecule has 41 heavy (non-hydrogen) atoms. The lowest BCUT2D eigenvalue weighted by Gasteiger charge is -2.11. The Kier molecular flexibility index (Phi) is 7.62. The number of ether oxygens (including phenoxy) is 2. The van der Waals surface area contributed by atoms with Crippen LogP contribution < -0.4 is 14.8 Å². The number of hydrogen-bond acceptors (Lipinski definition) is 8. The number of carbonyl (C=O) groups is 1. The number of carbonyl (C=O) groups excluding carboxylic acids is 1. The molecule has 1 N–H and O–H groups in total. The second kappa shape index (κ2) is 11.0. The molecule has 0 atom stereocenters. The normalized spacial score (nSPS) is 12.9. The van der Waals surface area contributed by atoms with Crippen molar-refractivity contribution in [1.82, 2.24) is 19.7 Å². The Morgan fingerprint density at radius 3 is 2.51 bits per heavy atom. The number of sulfone groups is 1. The van der Waals surface area contributed by atoms with Crippen LogP contribution in [-0.4, -0.2) is 46.6 Å². The first-order valence-corrected chi connectivity index (χ1v) is 14.1. The van der Waals surface area contributed by atoms with Gasteiger partial charge in [0.1, 0.15) is 5.69 Å². The maximum absolute atomic E-state index is 13.6. The molecule has 10 nitrogen and oxygen atoms in total. The molecule has 1 aliphatic rings. The first-order valence-electron chi connectivity index (χ1n) is 12.1. The van der Waals surface area contributed by atoms with Crippen LogP contribution in [0.1, 0.15) is 23.4 Å². The molecular formula is C26H21ClF3N5O5S. The van der Waals surface area contributed by atoms with Gasteiger partial charge in [0, 0.05) is 28.8 Å². The van der Waals surface area contributed by atoms with Gasteiger partial charge in [-0.1, -0.05) is 23.7 Å². The predicted octanol–water partition coefficient (Wildman–Crippen LogP) is 4.90. The van der Waals surface area contributed by atoms with E-state index in [4.69, 9.17) is 21.1 Å². The maximum Gasteiger partial charge on any atom is 0.433 e. The second-order valence-corrected chi connectivity index (χ2v) is 11.5. The first-order chi connectivity index (χ1) is 19.4. The lowest BCUT2D eigenvalue weighted by molar-refractivity contribution is -0.141. The van der Waals surface area contributed by atoms with Crippen LogP contribution in [-0.2, 0) is 27.4 Å². The van der Waals surface area contributed by atoms with Crippen LogP contribution >= 0.6 is 11.6 Å². The number of aryl methyl sites for hydroxylation is 1. The predicted molar refractivity (Wildman–Crippen MR) is 141 cm³/mol. The van der Waals surface area contributed by atoms with Crippen LogP contribution in [0.2, 0.25) is 5.02 Å². The summed E-state index contributed by atoms with van der Waals surface area (Å²) in [4.78, 5) is 19.7. The highest BCUT2D eigenvalue weighted by atomic mass is 35.5. The molecule has 4 aromatic rings. The molecule has 0 saturated carbocycles. The molecule has 0 radical (unpaired) electrons. The Hall–Kier alpha value is -4.17. The van der Waals surface area contributed by atoms with Crippen molar-refractivity contribution >= 4 is 33.2 Å². The number of anilines is 1. The van der Waals surface area contributed by atoms with Crippen molar-refractivity contribution in [2.75, 3.05) is 17.9 Å². The largest absolute Gasteiger partial charge is 0.454 e. The number of alkyl halides is 3. The van der Waals surface area contributed by atoms with E-state index in [0.29, 0.717) is 23.4 Å². The molecule has 2 aromatic carbocycles. The van der Waals surface area contributed by atoms with Gasteiger partial charge in [-0.05, 0) is 48.9 Å². The van der Waals surface area contributed by atoms with Crippen LogP contribution in [0.25, 0.3) is 11.3 Å². The number of amides is 1. The molecule has 5 rings (SSSR count). The summed E-state index contributed by atoms with van der Waals surface area (Å²) in [6, 6.07) is 13.7. The summed E-state index contributed by atoms with van der Waals surface area (Å²) < 4.78 is 78.9. The van der Waals surface area contributed by atoms with Crippen molar-refractivity contribution in [3.05, 3.63) is 76.6 Å². The third-order valence-corrected chi connectivity index (χ3v) is 7.77. The van der Waals surface area contributed by atoms with Gasteiger partial charge in [0.05, 0.1) is 18.0 Å². The van der Waals surface area contributed by atoms with Gasteiger partial charge in [-0.2, -0.15) is 18.3 Å². The summed E-state index contributed by atoms with van der Waals surface area (Å²) in [6.45, 7) is 2.14. The quantitative estimate of drug-likeness (QED) is 0.280. The van der Waals surface area contributed by atoms with E-state index >= 15 is 0 Å². The number of benzene rings is 2. The fraction of sp³-hybridized carbons (Fsp3) is 0.231. The molecular weight excluding hydrogens is 587 g/mol. The van der Waals surface area contributed by atoms with E-state index in [-0.39, 0.29) is 29.6 Å². The molecule has 15 heteroatoms. The molecule has 0 saturated heterocycles. The topological polar surface area (TPSA) is 125 Å². The summed E-state index contributed by atoms with van der Waals surface area (Å²) >= 11 is 5.91. The van der Waals surface area contributed by atoms with Gasteiger partial charge < -0.3 is 14.8 Å². The minimum Gasteiger partial charge on any atom is -0.454 e. The van der Waals surface area contributed by atoms with Crippen LogP contribution in [0.5, 0.6) is 11.5 Å². The summed E-state index contributed by atoms with van der Waals surface area (Å²) in [6.07, 6.45) is -5.51. The molecule has 0 unspecified atom stereocenters. The van der Waals surface area contributed by atoms with Crippen molar-refractivity contribution < 1.29 is 35.9 Å². The Bertz CT molecular complexity index is 1730. The Morgan fingerprint density at radius 1 is 1.05 bits per heavy atom. The summed E-state index contributed by atoms with van der Waals surface area (Å²) in [5.41, 5.74) is 0.100. The van der Waals surface area contributed by atoms with Gasteiger partial charge in [0.25, 0.3) is 0 Å². The van der Waals surface area contributed by atoms with E-state index in [9.17, 15) is 26.4 Å². The molecule has 1 amide bonds. The number of fused-ring (bicyclic) bond motifs is 1. The number of aromatic nitrogens is 4. The zero-order chi connectivity index (χ0) is 29.4. The van der Waals surface area contributed by atoms with E-state index < -0.39 is 44.9 Å². The highest BCUT2D eigenvalue weighted by Gasteiger charge is 2.35. The van der Waals surface area contributed by atoms with E-state index in [2.05, 4.69) is 20.4 Å². The number of nitrogens with one attached hydrogen (secondary N) is 1. The van der Waals surface area contributed by atoms with Crippen molar-refractivity contribution in [3.63, 3.8) is 0 Å². The highest BCUT2D eigenvalue weighted by molar-refractivity contribution is 7.91. The molecule has 214 valence electrons. The average molecular weight is 608 g/mol. The van der Waals surface area contributed by atoms with E-state index in [1.54, 1.807) is 29.8 Å². The van der Waals surface area contributed by atoms with Crippen LogP contribution in [0.3, 0.4) is 0 Å². The van der Waals surface area contributed by atoms with Crippen molar-refractivity contribution in [3.8, 4) is 22.8 Å². The zero-order valence-electron chi connectivity index (χ0n) is 21.3. The van der Waals surface area contributed by atoms with Crippen molar-refractivity contribution in [2.24, 2.45) is 0 Å². The van der Waals surface area contributed by atoms with Crippen molar-refractivity contribution in [2.45, 2.75) is 31.2 Å². The fourth-order valence-corrected chi connectivity index (χ4v) is 5.17. The SMILES string of the molecule is Cc1cc(NC(=O)CCS(=O)(=O)c2nc(-c3ccc4c(c3)OCO4)cc(C(F)(F)F)n2)nn1Cc1ccc(Cl)cc1. The summed E-state index contributed by atoms with van der Waals surface area (Å²) in [5.74, 6) is -0.665. The molecule has 2 aromatic heterocycles. The van der Waals surface area contributed by atoms with Crippen molar-refractivity contribution in [1.29, 1.82) is 0 Å². The van der Waals surface area contributed by atoms with Gasteiger partial charge >= 0.3 is 6.18 Å².